The van der Waals surface area contributed by atoms with Crippen LogP contribution in [0.4, 0.5) is 10.6 Å². The molecule has 1 atom stereocenters. The molecule has 4 rings (SSSR count). The van der Waals surface area contributed by atoms with Crippen molar-refractivity contribution in [3.8, 4) is 5.75 Å². The van der Waals surface area contributed by atoms with Gasteiger partial charge < -0.3 is 29.7 Å². The molecule has 31 heavy (non-hydrogen) atoms. The number of aromatic nitrogens is 1. The number of phenolic OH excluding ortho intramolecular Hbond substituents is 1. The third-order valence-corrected chi connectivity index (χ3v) is 5.70. The number of carbonyl (C=O) groups excluding carboxylic acids is 1. The largest absolute Gasteiger partial charge is 0.508 e. The first-order valence-electron chi connectivity index (χ1n) is 10.9. The van der Waals surface area contributed by atoms with E-state index in [1.165, 1.54) is 0 Å². The number of para-hydroxylation sites is 1. The highest BCUT2D eigenvalue weighted by Crippen LogP contribution is 2.21. The zero-order chi connectivity index (χ0) is 21.5. The number of nitrogens with one attached hydrogen (secondary N) is 1. The number of nitrogens with zero attached hydrogens (tertiary/aromatic N) is 3. The van der Waals surface area contributed by atoms with Crippen LogP contribution < -0.4 is 10.2 Å². The third kappa shape index (κ3) is 5.65. The Morgan fingerprint density at radius 1 is 1.16 bits per heavy atom. The van der Waals surface area contributed by atoms with Crippen molar-refractivity contribution < 1.29 is 19.4 Å². The Labute approximate surface area is 182 Å². The number of pyridine rings is 1. The number of rotatable bonds is 7. The molecule has 166 valence electrons. The first-order valence-corrected chi connectivity index (χ1v) is 10.9. The minimum Gasteiger partial charge on any atom is -0.508 e. The molecule has 0 bridgehead atoms. The van der Waals surface area contributed by atoms with Crippen LogP contribution in [0.25, 0.3) is 0 Å². The molecule has 8 nitrogen and oxygen atoms in total. The van der Waals surface area contributed by atoms with Crippen LogP contribution in [0, 0.1) is 0 Å². The molecule has 2 saturated heterocycles. The van der Waals surface area contributed by atoms with E-state index in [1.807, 2.05) is 24.3 Å². The quantitative estimate of drug-likeness (QED) is 0.708. The number of carbonyl (C=O) groups is 1. The fourth-order valence-corrected chi connectivity index (χ4v) is 4.01. The normalized spacial score (nSPS) is 18.7. The smallest absolute Gasteiger partial charge is 0.318 e. The van der Waals surface area contributed by atoms with Gasteiger partial charge in [0, 0.05) is 50.1 Å². The second-order valence-electron chi connectivity index (χ2n) is 7.89. The Balaban J connectivity index is 1.44. The van der Waals surface area contributed by atoms with Crippen LogP contribution in [0.15, 0.2) is 42.6 Å². The lowest BCUT2D eigenvalue weighted by molar-refractivity contribution is 0.0792. The number of hydrogen-bond acceptors (Lipinski definition) is 6. The van der Waals surface area contributed by atoms with E-state index in [2.05, 4.69) is 15.2 Å². The zero-order valence-electron chi connectivity index (χ0n) is 17.7. The van der Waals surface area contributed by atoms with Gasteiger partial charge in [-0.2, -0.15) is 0 Å². The number of amides is 2. The molecule has 3 heterocycles. The zero-order valence-corrected chi connectivity index (χ0v) is 17.7. The molecule has 2 amide bonds. The van der Waals surface area contributed by atoms with Crippen LogP contribution in [0.1, 0.15) is 24.0 Å². The van der Waals surface area contributed by atoms with E-state index in [0.717, 1.165) is 43.9 Å². The van der Waals surface area contributed by atoms with Gasteiger partial charge in [-0.1, -0.05) is 24.3 Å². The summed E-state index contributed by atoms with van der Waals surface area (Å²) in [5.74, 6) is 1.08. The number of benzene rings is 1. The van der Waals surface area contributed by atoms with Gasteiger partial charge in [0.05, 0.1) is 25.9 Å². The Bertz CT molecular complexity index is 866. The summed E-state index contributed by atoms with van der Waals surface area (Å²) in [5, 5.41) is 13.2. The van der Waals surface area contributed by atoms with Crippen molar-refractivity contribution in [3.63, 3.8) is 0 Å². The SMILES string of the molecule is O=C(NCc1cccnc1N1CCOCC1)N(Cc1ccccc1O)CC1CCCO1. The maximum Gasteiger partial charge on any atom is 0.318 e. The standard InChI is InChI=1S/C23H30N4O4/c28-21-8-2-1-5-19(21)16-27(17-20-7-4-12-31-20)23(29)25-15-18-6-3-9-24-22(18)26-10-13-30-14-11-26/h1-3,5-6,8-9,20,28H,4,7,10-17H2,(H,25,29). The molecule has 0 aliphatic carbocycles. The van der Waals surface area contributed by atoms with Gasteiger partial charge in [0.1, 0.15) is 11.6 Å². The number of hydrogen-bond donors (Lipinski definition) is 2. The monoisotopic (exact) mass is 426 g/mol. The highest BCUT2D eigenvalue weighted by Gasteiger charge is 2.24. The van der Waals surface area contributed by atoms with Gasteiger partial charge in [-0.05, 0) is 25.0 Å². The maximum atomic E-state index is 13.1. The summed E-state index contributed by atoms with van der Waals surface area (Å²) in [6.45, 7) is 4.85. The molecule has 2 aromatic rings. The molecule has 2 aliphatic heterocycles. The molecule has 0 spiro atoms. The van der Waals surface area contributed by atoms with E-state index in [1.54, 1.807) is 23.2 Å². The number of aromatic hydroxyl groups is 1. The lowest BCUT2D eigenvalue weighted by Gasteiger charge is -2.30. The first kappa shape index (κ1) is 21.4. The van der Waals surface area contributed by atoms with E-state index in [0.29, 0.717) is 38.4 Å². The molecule has 1 aromatic heterocycles. The topological polar surface area (TPSA) is 87.2 Å². The number of urea groups is 1. The van der Waals surface area contributed by atoms with Gasteiger partial charge in [-0.25, -0.2) is 9.78 Å². The summed E-state index contributed by atoms with van der Waals surface area (Å²) in [4.78, 5) is 21.6. The summed E-state index contributed by atoms with van der Waals surface area (Å²) in [7, 11) is 0. The highest BCUT2D eigenvalue weighted by molar-refractivity contribution is 5.74. The number of morpholine rings is 1. The average Bonchev–Trinajstić information content (AvgIpc) is 3.32. The number of anilines is 1. The summed E-state index contributed by atoms with van der Waals surface area (Å²) < 4.78 is 11.2. The number of ether oxygens (including phenoxy) is 2. The molecular formula is C23H30N4O4. The predicted octanol–water partition coefficient (Wildman–Crippen LogP) is 2.51. The summed E-state index contributed by atoms with van der Waals surface area (Å²) in [5.41, 5.74) is 1.68. The van der Waals surface area contributed by atoms with Crippen molar-refractivity contribution in [2.24, 2.45) is 0 Å². The lowest BCUT2D eigenvalue weighted by Crippen LogP contribution is -2.43. The van der Waals surface area contributed by atoms with Gasteiger partial charge >= 0.3 is 6.03 Å². The van der Waals surface area contributed by atoms with Crippen LogP contribution in [0.2, 0.25) is 0 Å². The molecular weight excluding hydrogens is 396 g/mol. The minimum atomic E-state index is -0.185. The highest BCUT2D eigenvalue weighted by atomic mass is 16.5. The Morgan fingerprint density at radius 2 is 1.97 bits per heavy atom. The van der Waals surface area contributed by atoms with Crippen LogP contribution in [-0.4, -0.2) is 66.6 Å². The molecule has 0 radical (unpaired) electrons. The molecule has 1 aromatic carbocycles. The molecule has 2 fully saturated rings. The average molecular weight is 427 g/mol. The van der Waals surface area contributed by atoms with Crippen molar-refractivity contribution in [1.82, 2.24) is 15.2 Å². The summed E-state index contributed by atoms with van der Waals surface area (Å²) in [6.07, 6.45) is 3.75. The van der Waals surface area contributed by atoms with Crippen LogP contribution in [-0.2, 0) is 22.6 Å². The molecule has 8 heteroatoms. The maximum absolute atomic E-state index is 13.1. The van der Waals surface area contributed by atoms with E-state index < -0.39 is 0 Å². The molecule has 2 aliphatic rings. The lowest BCUT2D eigenvalue weighted by atomic mass is 10.1. The van der Waals surface area contributed by atoms with Crippen molar-refractivity contribution in [3.05, 3.63) is 53.7 Å². The van der Waals surface area contributed by atoms with Crippen molar-refractivity contribution in [2.75, 3.05) is 44.4 Å². The molecule has 0 saturated carbocycles. The van der Waals surface area contributed by atoms with E-state index in [-0.39, 0.29) is 17.9 Å². The second kappa shape index (κ2) is 10.5. The Morgan fingerprint density at radius 3 is 2.74 bits per heavy atom. The van der Waals surface area contributed by atoms with Crippen molar-refractivity contribution in [1.29, 1.82) is 0 Å². The first-order chi connectivity index (χ1) is 15.2. The molecule has 2 N–H and O–H groups in total. The van der Waals surface area contributed by atoms with Crippen LogP contribution >= 0.6 is 0 Å². The Hall–Kier alpha value is -2.84. The van der Waals surface area contributed by atoms with Gasteiger partial charge in [0.25, 0.3) is 0 Å². The third-order valence-electron chi connectivity index (χ3n) is 5.70. The van der Waals surface area contributed by atoms with E-state index in [4.69, 9.17) is 9.47 Å². The van der Waals surface area contributed by atoms with Gasteiger partial charge in [-0.15, -0.1) is 0 Å². The summed E-state index contributed by atoms with van der Waals surface area (Å²) in [6, 6.07) is 10.8. The second-order valence-corrected chi connectivity index (χ2v) is 7.89. The fraction of sp³-hybridized carbons (Fsp3) is 0.478. The van der Waals surface area contributed by atoms with Crippen molar-refractivity contribution >= 4 is 11.8 Å². The minimum absolute atomic E-state index is 0.0268. The Kier molecular flexibility index (Phi) is 7.22. The van der Waals surface area contributed by atoms with Crippen LogP contribution in [0.5, 0.6) is 5.75 Å². The van der Waals surface area contributed by atoms with Gasteiger partial charge in [-0.3, -0.25) is 0 Å². The number of phenols is 1. The van der Waals surface area contributed by atoms with Crippen molar-refractivity contribution in [2.45, 2.75) is 32.0 Å². The van der Waals surface area contributed by atoms with E-state index >= 15 is 0 Å². The summed E-state index contributed by atoms with van der Waals surface area (Å²) >= 11 is 0. The fourth-order valence-electron chi connectivity index (χ4n) is 4.01. The van der Waals surface area contributed by atoms with Crippen LogP contribution in [0.3, 0.4) is 0 Å². The predicted molar refractivity (Wildman–Crippen MR) is 117 cm³/mol. The molecule has 1 unspecified atom stereocenters. The van der Waals surface area contributed by atoms with Gasteiger partial charge in [0.2, 0.25) is 0 Å². The van der Waals surface area contributed by atoms with Gasteiger partial charge in [0.15, 0.2) is 0 Å². The van der Waals surface area contributed by atoms with E-state index in [9.17, 15) is 9.90 Å².